The summed E-state index contributed by atoms with van der Waals surface area (Å²) in [6.45, 7) is 4.24. The van der Waals surface area contributed by atoms with Crippen LogP contribution in [0.25, 0.3) is 11.1 Å². The van der Waals surface area contributed by atoms with Crippen LogP contribution >= 0.6 is 0 Å². The van der Waals surface area contributed by atoms with Gasteiger partial charge in [-0.1, -0.05) is 25.1 Å². The Hall–Kier alpha value is -3.28. The van der Waals surface area contributed by atoms with Gasteiger partial charge in [0, 0.05) is 35.6 Å². The second-order valence-corrected chi connectivity index (χ2v) is 9.51. The van der Waals surface area contributed by atoms with Gasteiger partial charge in [-0.3, -0.25) is 9.78 Å². The highest BCUT2D eigenvalue weighted by atomic mass is 16.2. The van der Waals surface area contributed by atoms with E-state index in [0.717, 1.165) is 64.8 Å². The molecular formula is C26H27N5O. The van der Waals surface area contributed by atoms with Crippen LogP contribution in [-0.4, -0.2) is 22.6 Å². The van der Waals surface area contributed by atoms with Crippen molar-refractivity contribution in [1.29, 1.82) is 0 Å². The molecule has 2 N–H and O–H groups in total. The predicted molar refractivity (Wildman–Crippen MR) is 123 cm³/mol. The number of benzene rings is 1. The Kier molecular flexibility index (Phi) is 4.16. The summed E-state index contributed by atoms with van der Waals surface area (Å²) < 4.78 is 0. The molecule has 2 aromatic rings. The van der Waals surface area contributed by atoms with Crippen LogP contribution in [0.3, 0.4) is 0 Å². The summed E-state index contributed by atoms with van der Waals surface area (Å²) in [5.41, 5.74) is 6.84. The van der Waals surface area contributed by atoms with Crippen molar-refractivity contribution in [2.24, 2.45) is 10.2 Å². The van der Waals surface area contributed by atoms with E-state index in [9.17, 15) is 4.79 Å². The number of nitrogens with zero attached hydrogens (tertiary/aromatic N) is 3. The highest BCUT2D eigenvalue weighted by Gasteiger charge is 2.55. The molecular weight excluding hydrogens is 398 g/mol. The normalized spacial score (nSPS) is 27.2. The monoisotopic (exact) mass is 425 g/mol. The van der Waals surface area contributed by atoms with Crippen molar-refractivity contribution in [1.82, 2.24) is 15.6 Å². The molecule has 32 heavy (non-hydrogen) atoms. The van der Waals surface area contributed by atoms with Gasteiger partial charge in [0.2, 0.25) is 0 Å². The molecule has 1 amide bonds. The van der Waals surface area contributed by atoms with Crippen molar-refractivity contribution in [2.75, 3.05) is 0 Å². The summed E-state index contributed by atoms with van der Waals surface area (Å²) in [6, 6.07) is 10.7. The topological polar surface area (TPSA) is 78.7 Å². The minimum absolute atomic E-state index is 0.0528. The molecule has 4 aliphatic rings. The van der Waals surface area contributed by atoms with Gasteiger partial charge in [-0.2, -0.15) is 10.2 Å². The molecule has 1 aromatic carbocycles. The second kappa shape index (κ2) is 6.86. The number of hydrogen-bond donors (Lipinski definition) is 2. The minimum Gasteiger partial charge on any atom is -0.362 e. The molecule has 2 atom stereocenters. The van der Waals surface area contributed by atoms with Crippen LogP contribution in [0, 0.1) is 6.92 Å². The minimum atomic E-state index is -0.554. The van der Waals surface area contributed by atoms with E-state index in [4.69, 9.17) is 0 Å². The van der Waals surface area contributed by atoms with Gasteiger partial charge < -0.3 is 10.6 Å². The Labute approximate surface area is 187 Å². The van der Waals surface area contributed by atoms with E-state index < -0.39 is 5.41 Å². The lowest BCUT2D eigenvalue weighted by molar-refractivity contribution is -0.122. The van der Waals surface area contributed by atoms with Crippen LogP contribution in [0.15, 0.2) is 76.0 Å². The van der Waals surface area contributed by atoms with E-state index >= 15 is 0 Å². The van der Waals surface area contributed by atoms with Crippen LogP contribution in [0.4, 0.5) is 0 Å². The van der Waals surface area contributed by atoms with E-state index in [1.807, 2.05) is 18.6 Å². The third kappa shape index (κ3) is 2.58. The highest BCUT2D eigenvalue weighted by molar-refractivity contribution is 6.00. The van der Waals surface area contributed by atoms with E-state index in [1.54, 1.807) is 0 Å². The molecule has 4 heterocycles. The second-order valence-electron chi connectivity index (χ2n) is 9.51. The van der Waals surface area contributed by atoms with Gasteiger partial charge in [0.1, 0.15) is 0 Å². The largest absolute Gasteiger partial charge is 0.362 e. The summed E-state index contributed by atoms with van der Waals surface area (Å²) in [6.07, 6.45) is 10.2. The number of rotatable bonds is 3. The lowest BCUT2D eigenvalue weighted by Crippen LogP contribution is -2.62. The van der Waals surface area contributed by atoms with Crippen LogP contribution in [0.1, 0.15) is 50.2 Å². The lowest BCUT2D eigenvalue weighted by Gasteiger charge is -2.52. The molecule has 1 spiro atoms. The van der Waals surface area contributed by atoms with Gasteiger partial charge in [0.05, 0.1) is 17.2 Å². The zero-order chi connectivity index (χ0) is 21.9. The van der Waals surface area contributed by atoms with Gasteiger partial charge >= 0.3 is 0 Å². The van der Waals surface area contributed by atoms with Crippen LogP contribution < -0.4 is 10.6 Å². The van der Waals surface area contributed by atoms with Gasteiger partial charge in [-0.05, 0) is 67.0 Å². The number of carbonyl (C=O) groups excluding carboxylic acids is 1. The summed E-state index contributed by atoms with van der Waals surface area (Å²) >= 11 is 0. The lowest BCUT2D eigenvalue weighted by atomic mass is 9.60. The number of hydrogen-bond acceptors (Lipinski definition) is 5. The van der Waals surface area contributed by atoms with Crippen molar-refractivity contribution in [3.63, 3.8) is 0 Å². The fourth-order valence-corrected chi connectivity index (χ4v) is 6.09. The Morgan fingerprint density at radius 3 is 2.84 bits per heavy atom. The molecule has 1 aromatic heterocycles. The molecule has 162 valence electrons. The van der Waals surface area contributed by atoms with E-state index in [0.29, 0.717) is 0 Å². The Morgan fingerprint density at radius 2 is 2.09 bits per heavy atom. The van der Waals surface area contributed by atoms with Crippen LogP contribution in [0.2, 0.25) is 0 Å². The average Bonchev–Trinajstić information content (AvgIpc) is 3.25. The molecule has 0 radical (unpaired) electrons. The molecule has 0 bridgehead atoms. The maximum Gasteiger partial charge on any atom is 0.250 e. The van der Waals surface area contributed by atoms with E-state index in [1.165, 1.54) is 6.42 Å². The third-order valence-corrected chi connectivity index (χ3v) is 7.85. The van der Waals surface area contributed by atoms with Gasteiger partial charge in [-0.25, -0.2) is 0 Å². The quantitative estimate of drug-likeness (QED) is 0.749. The summed E-state index contributed by atoms with van der Waals surface area (Å²) in [5.74, 6) is 0.0528. The maximum absolute atomic E-state index is 13.7. The zero-order valence-corrected chi connectivity index (χ0v) is 18.5. The summed E-state index contributed by atoms with van der Waals surface area (Å²) in [7, 11) is 0. The summed E-state index contributed by atoms with van der Waals surface area (Å²) in [5, 5.41) is 15.7. The molecule has 1 unspecified atom stereocenters. The smallest absolute Gasteiger partial charge is 0.250 e. The molecule has 6 heteroatoms. The van der Waals surface area contributed by atoms with Crippen molar-refractivity contribution in [3.8, 4) is 11.1 Å². The number of aromatic nitrogens is 1. The SMILES string of the molecule is CC[C@]1(c2cccc(-c3ccncc3C)c2)C2=CN=NC2NC2=C1C(=O)NC1(CCC1)C2. The molecule has 1 fully saturated rings. The number of amides is 1. The molecule has 1 saturated carbocycles. The number of aryl methyl sites for hydroxylation is 1. The fraction of sp³-hybridized carbons (Fsp3) is 0.385. The first-order chi connectivity index (χ1) is 15.6. The third-order valence-electron chi connectivity index (χ3n) is 7.85. The van der Waals surface area contributed by atoms with Gasteiger partial charge in [-0.15, -0.1) is 0 Å². The van der Waals surface area contributed by atoms with Crippen molar-refractivity contribution in [2.45, 2.75) is 63.1 Å². The van der Waals surface area contributed by atoms with Gasteiger partial charge in [0.15, 0.2) is 6.17 Å². The van der Waals surface area contributed by atoms with E-state index in [2.05, 4.69) is 70.0 Å². The Balaban J connectivity index is 1.56. The zero-order valence-electron chi connectivity index (χ0n) is 18.5. The maximum atomic E-state index is 13.7. The van der Waals surface area contributed by atoms with Gasteiger partial charge in [0.25, 0.3) is 5.91 Å². The van der Waals surface area contributed by atoms with Crippen LogP contribution in [-0.2, 0) is 10.2 Å². The van der Waals surface area contributed by atoms with Crippen LogP contribution in [0.5, 0.6) is 0 Å². The first-order valence-electron chi connectivity index (χ1n) is 11.5. The standard InChI is InChI=1S/C26H27N5O/c1-3-26(18-7-4-6-17(12-18)19-8-11-27-14-16(19)2)20-15-28-31-23(20)29-21-13-25(9-5-10-25)30-24(32)22(21)26/h4,6-8,11-12,14-15,23,29H,3,5,9-10,13H2,1-2H3,(H,30,32)/t23?,26-/m0/s1. The molecule has 0 saturated heterocycles. The number of carbonyl (C=O) groups is 1. The highest BCUT2D eigenvalue weighted by Crippen LogP contribution is 2.53. The summed E-state index contributed by atoms with van der Waals surface area (Å²) in [4.78, 5) is 17.9. The number of azo groups is 1. The first-order valence-corrected chi connectivity index (χ1v) is 11.5. The van der Waals surface area contributed by atoms with Crippen molar-refractivity contribution < 1.29 is 4.79 Å². The Bertz CT molecular complexity index is 1220. The van der Waals surface area contributed by atoms with E-state index in [-0.39, 0.29) is 17.6 Å². The Morgan fingerprint density at radius 1 is 1.22 bits per heavy atom. The van der Waals surface area contributed by atoms with Crippen molar-refractivity contribution in [3.05, 3.63) is 76.9 Å². The molecule has 1 aliphatic carbocycles. The first kappa shape index (κ1) is 19.4. The number of fused-ring (bicyclic) bond motifs is 1. The molecule has 6 nitrogen and oxygen atoms in total. The fourth-order valence-electron chi connectivity index (χ4n) is 6.09. The number of pyridine rings is 1. The molecule has 6 rings (SSSR count). The van der Waals surface area contributed by atoms with Crippen molar-refractivity contribution >= 4 is 5.91 Å². The molecule has 3 aliphatic heterocycles. The number of nitrogens with one attached hydrogen (secondary N) is 2. The predicted octanol–water partition coefficient (Wildman–Crippen LogP) is 4.68. The average molecular weight is 426 g/mol.